The molecule has 2 fully saturated rings. The molecule has 17 heavy (non-hydrogen) atoms. The van der Waals surface area contributed by atoms with Gasteiger partial charge >= 0.3 is 0 Å². The minimum absolute atomic E-state index is 0.188. The van der Waals surface area contributed by atoms with Gasteiger partial charge in [-0.3, -0.25) is 0 Å². The average Bonchev–Trinajstić information content (AvgIpc) is 2.99. The number of nitrogens with zero attached hydrogens (tertiary/aromatic N) is 1. The van der Waals surface area contributed by atoms with E-state index in [4.69, 9.17) is 0 Å². The molecule has 0 bridgehead atoms. The van der Waals surface area contributed by atoms with Crippen LogP contribution in [0.3, 0.4) is 0 Å². The number of rotatable bonds is 4. The lowest BCUT2D eigenvalue weighted by Gasteiger charge is -2.27. The van der Waals surface area contributed by atoms with Gasteiger partial charge in [-0.2, -0.15) is 0 Å². The average molecular weight is 260 g/mol. The number of sulfonamides is 1. The highest BCUT2D eigenvalue weighted by atomic mass is 32.2. The molecule has 0 radical (unpaired) electrons. The van der Waals surface area contributed by atoms with E-state index in [0.29, 0.717) is 6.54 Å². The van der Waals surface area contributed by atoms with Crippen LogP contribution in [0.2, 0.25) is 0 Å². The summed E-state index contributed by atoms with van der Waals surface area (Å²) in [4.78, 5) is 0. The molecule has 2 aliphatic heterocycles. The summed E-state index contributed by atoms with van der Waals surface area (Å²) in [5, 5.41) is 2.96. The molecule has 2 aliphatic rings. The molecule has 1 atom stereocenters. The van der Waals surface area contributed by atoms with Gasteiger partial charge in [-0.1, -0.05) is 13.8 Å². The molecule has 0 saturated carbocycles. The fraction of sp³-hybridized carbons (Fsp3) is 1.00. The van der Waals surface area contributed by atoms with Gasteiger partial charge in [-0.15, -0.1) is 0 Å². The molecule has 1 unspecified atom stereocenters. The number of nitrogens with one attached hydrogen (secondary N) is 1. The van der Waals surface area contributed by atoms with Crippen molar-refractivity contribution in [2.45, 2.75) is 44.8 Å². The van der Waals surface area contributed by atoms with Gasteiger partial charge in [0.1, 0.15) is 0 Å². The predicted octanol–water partition coefficient (Wildman–Crippen LogP) is 1.19. The summed E-state index contributed by atoms with van der Waals surface area (Å²) in [5.41, 5.74) is 0.235. The molecule has 0 spiro atoms. The van der Waals surface area contributed by atoms with Crippen molar-refractivity contribution in [1.82, 2.24) is 9.62 Å². The first-order chi connectivity index (χ1) is 8.04. The Labute approximate surface area is 105 Å². The van der Waals surface area contributed by atoms with E-state index in [9.17, 15) is 8.42 Å². The van der Waals surface area contributed by atoms with Gasteiger partial charge in [0.25, 0.3) is 0 Å². The lowest BCUT2D eigenvalue weighted by molar-refractivity contribution is 0.279. The van der Waals surface area contributed by atoms with E-state index in [2.05, 4.69) is 19.2 Å². The minimum atomic E-state index is -3.06. The van der Waals surface area contributed by atoms with E-state index < -0.39 is 10.0 Å². The molecule has 5 heteroatoms. The second kappa shape index (κ2) is 4.86. The van der Waals surface area contributed by atoms with Gasteiger partial charge < -0.3 is 5.32 Å². The lowest BCUT2D eigenvalue weighted by Crippen LogP contribution is -2.39. The highest BCUT2D eigenvalue weighted by Gasteiger charge is 2.43. The molecule has 0 aromatic rings. The van der Waals surface area contributed by atoms with Crippen LogP contribution in [0.15, 0.2) is 0 Å². The molecular formula is C12H24N2O2S. The van der Waals surface area contributed by atoms with Gasteiger partial charge in [0.2, 0.25) is 10.0 Å². The minimum Gasteiger partial charge on any atom is -0.315 e. The molecule has 2 saturated heterocycles. The third-order valence-corrected chi connectivity index (χ3v) is 6.98. The van der Waals surface area contributed by atoms with E-state index in [1.165, 1.54) is 0 Å². The van der Waals surface area contributed by atoms with Gasteiger partial charge in [0.05, 0.1) is 5.25 Å². The lowest BCUT2D eigenvalue weighted by atomic mass is 9.82. The normalized spacial score (nSPS) is 29.9. The van der Waals surface area contributed by atoms with Crippen LogP contribution in [-0.4, -0.2) is 44.2 Å². The first-order valence-electron chi connectivity index (χ1n) is 6.74. The zero-order valence-corrected chi connectivity index (χ0v) is 11.7. The molecule has 0 aliphatic carbocycles. The summed E-state index contributed by atoms with van der Waals surface area (Å²) >= 11 is 0. The molecular weight excluding hydrogens is 236 g/mol. The number of hydrogen-bond acceptors (Lipinski definition) is 3. The molecule has 1 N–H and O–H groups in total. The van der Waals surface area contributed by atoms with Gasteiger partial charge in [0, 0.05) is 19.6 Å². The van der Waals surface area contributed by atoms with Crippen molar-refractivity contribution in [3.05, 3.63) is 0 Å². The fourth-order valence-corrected chi connectivity index (χ4v) is 5.00. The van der Waals surface area contributed by atoms with Crippen molar-refractivity contribution in [1.29, 1.82) is 0 Å². The second-order valence-electron chi connectivity index (χ2n) is 5.45. The topological polar surface area (TPSA) is 49.4 Å². The SMILES string of the molecule is CCC1(CC)CCN(S(=O)(=O)C2CCNC2)C1. The summed E-state index contributed by atoms with van der Waals surface area (Å²) < 4.78 is 26.6. The van der Waals surface area contributed by atoms with Crippen molar-refractivity contribution < 1.29 is 8.42 Å². The highest BCUT2D eigenvalue weighted by Crippen LogP contribution is 2.39. The maximum absolute atomic E-state index is 12.4. The fourth-order valence-electron chi connectivity index (χ4n) is 3.03. The van der Waals surface area contributed by atoms with Crippen LogP contribution in [0.1, 0.15) is 39.5 Å². The van der Waals surface area contributed by atoms with Crippen LogP contribution >= 0.6 is 0 Å². The largest absolute Gasteiger partial charge is 0.315 e. The Balaban J connectivity index is 2.09. The molecule has 0 amide bonds. The molecule has 2 heterocycles. The van der Waals surface area contributed by atoms with E-state index >= 15 is 0 Å². The summed E-state index contributed by atoms with van der Waals surface area (Å²) in [6, 6.07) is 0. The monoisotopic (exact) mass is 260 g/mol. The molecule has 0 aromatic carbocycles. The highest BCUT2D eigenvalue weighted by molar-refractivity contribution is 7.89. The molecule has 0 aromatic heterocycles. The Morgan fingerprint density at radius 2 is 2.06 bits per heavy atom. The van der Waals surface area contributed by atoms with Crippen LogP contribution < -0.4 is 5.32 Å². The van der Waals surface area contributed by atoms with Gasteiger partial charge in [0.15, 0.2) is 0 Å². The Kier molecular flexibility index (Phi) is 3.80. The van der Waals surface area contributed by atoms with Crippen LogP contribution in [0.4, 0.5) is 0 Å². The Hall–Kier alpha value is -0.130. The van der Waals surface area contributed by atoms with Crippen molar-refractivity contribution in [3.63, 3.8) is 0 Å². The standard InChI is InChI=1S/C12H24N2O2S/c1-3-12(4-2)6-8-14(10-12)17(15,16)11-5-7-13-9-11/h11,13H,3-10H2,1-2H3. The maximum Gasteiger partial charge on any atom is 0.218 e. The van der Waals surface area contributed by atoms with Crippen molar-refractivity contribution in [3.8, 4) is 0 Å². The summed E-state index contributed by atoms with van der Waals surface area (Å²) in [7, 11) is -3.06. The molecule has 4 nitrogen and oxygen atoms in total. The van der Waals surface area contributed by atoms with Crippen LogP contribution in [0.5, 0.6) is 0 Å². The maximum atomic E-state index is 12.4. The number of hydrogen-bond donors (Lipinski definition) is 1. The zero-order valence-electron chi connectivity index (χ0n) is 10.9. The summed E-state index contributed by atoms with van der Waals surface area (Å²) in [6.45, 7) is 7.28. The smallest absolute Gasteiger partial charge is 0.218 e. The van der Waals surface area contributed by atoms with Crippen LogP contribution in [-0.2, 0) is 10.0 Å². The Morgan fingerprint density at radius 1 is 1.35 bits per heavy atom. The first-order valence-corrected chi connectivity index (χ1v) is 8.24. The van der Waals surface area contributed by atoms with E-state index in [1.807, 2.05) is 0 Å². The predicted molar refractivity (Wildman–Crippen MR) is 69.4 cm³/mol. The van der Waals surface area contributed by atoms with Gasteiger partial charge in [-0.05, 0) is 37.6 Å². The molecule has 100 valence electrons. The van der Waals surface area contributed by atoms with Crippen LogP contribution in [0, 0.1) is 5.41 Å². The Bertz CT molecular complexity index is 357. The zero-order chi connectivity index (χ0) is 12.5. The van der Waals surface area contributed by atoms with E-state index in [-0.39, 0.29) is 10.7 Å². The van der Waals surface area contributed by atoms with Gasteiger partial charge in [-0.25, -0.2) is 12.7 Å². The van der Waals surface area contributed by atoms with Crippen molar-refractivity contribution in [2.75, 3.05) is 26.2 Å². The quantitative estimate of drug-likeness (QED) is 0.826. The Morgan fingerprint density at radius 3 is 2.53 bits per heavy atom. The van der Waals surface area contributed by atoms with Crippen LogP contribution in [0.25, 0.3) is 0 Å². The van der Waals surface area contributed by atoms with Crippen molar-refractivity contribution in [2.24, 2.45) is 5.41 Å². The first kappa shape index (κ1) is 13.3. The van der Waals surface area contributed by atoms with Crippen molar-refractivity contribution >= 4 is 10.0 Å². The van der Waals surface area contributed by atoms with E-state index in [1.54, 1.807) is 4.31 Å². The summed E-state index contributed by atoms with van der Waals surface area (Å²) in [6.07, 6.45) is 3.96. The molecule has 2 rings (SSSR count). The third-order valence-electron chi connectivity index (χ3n) is 4.70. The second-order valence-corrected chi connectivity index (χ2v) is 7.66. The summed E-state index contributed by atoms with van der Waals surface area (Å²) in [5.74, 6) is 0. The van der Waals surface area contributed by atoms with E-state index in [0.717, 1.165) is 45.3 Å². The third kappa shape index (κ3) is 2.37.